The van der Waals surface area contributed by atoms with Gasteiger partial charge in [-0.25, -0.2) is 0 Å². The van der Waals surface area contributed by atoms with Gasteiger partial charge in [0.25, 0.3) is 0 Å². The zero-order valence-electron chi connectivity index (χ0n) is 83.4. The Kier molecular flexibility index (Phi) is 42.0. The smallest absolute Gasteiger partial charge is 0.127 e. The number of hydrogen-bond donors (Lipinski definition) is 12. The van der Waals surface area contributed by atoms with Crippen molar-refractivity contribution in [3.8, 4) is 34.5 Å². The van der Waals surface area contributed by atoms with E-state index in [-0.39, 0.29) is 21.7 Å². The Balaban J connectivity index is 0.000000214. The van der Waals surface area contributed by atoms with Gasteiger partial charge in [0.1, 0.15) is 34.5 Å². The molecule has 12 aromatic rings. The van der Waals surface area contributed by atoms with Crippen molar-refractivity contribution in [2.45, 2.75) is 227 Å². The Morgan fingerprint density at radius 3 is 0.785 bits per heavy atom. The Morgan fingerprint density at radius 2 is 0.462 bits per heavy atom. The summed E-state index contributed by atoms with van der Waals surface area (Å²) in [6, 6.07) is 67.2. The van der Waals surface area contributed by atoms with Crippen LogP contribution in [0.3, 0.4) is 0 Å². The molecule has 0 radical (unpaired) electrons. The van der Waals surface area contributed by atoms with Gasteiger partial charge in [0.2, 0.25) is 0 Å². The molecule has 0 saturated heterocycles. The summed E-state index contributed by atoms with van der Waals surface area (Å²) in [5, 5.41) is 96.5. The summed E-state index contributed by atoms with van der Waals surface area (Å²) < 4.78 is 0. The number of aromatic hydroxyl groups is 6. The lowest BCUT2D eigenvalue weighted by molar-refractivity contribution is 0.448. The van der Waals surface area contributed by atoms with Crippen molar-refractivity contribution in [2.75, 3.05) is 42.3 Å². The van der Waals surface area contributed by atoms with E-state index in [0.717, 1.165) is 98.9 Å². The third-order valence-electron chi connectivity index (χ3n) is 22.8. The van der Waals surface area contributed by atoms with E-state index in [1.807, 2.05) is 93.4 Å². The van der Waals surface area contributed by atoms with Crippen LogP contribution in [0.2, 0.25) is 0 Å². The highest BCUT2D eigenvalue weighted by Gasteiger charge is 2.28. The van der Waals surface area contributed by atoms with E-state index in [0.29, 0.717) is 86.0 Å². The van der Waals surface area contributed by atoms with E-state index in [1.54, 1.807) is 6.07 Å². The van der Waals surface area contributed by atoms with E-state index < -0.39 is 0 Å². The van der Waals surface area contributed by atoms with Crippen molar-refractivity contribution in [1.82, 2.24) is 31.9 Å². The molecule has 12 nitrogen and oxygen atoms in total. The minimum atomic E-state index is -0.0931. The molecule has 12 aromatic carbocycles. The molecule has 0 fully saturated rings. The molecule has 6 unspecified atom stereocenters. The second-order valence-electron chi connectivity index (χ2n) is 38.4. The molecule has 0 aliphatic heterocycles. The highest BCUT2D eigenvalue weighted by atomic mass is 31.1. The fraction of sp³-hybridized carbons (Fsp3) is 0.357. The Morgan fingerprint density at radius 1 is 0.215 bits per heavy atom. The minimum Gasteiger partial charge on any atom is -0.507 e. The van der Waals surface area contributed by atoms with Crippen LogP contribution in [0.25, 0.3) is 0 Å². The monoisotopic (exact) mass is 1860 g/mol. The fourth-order valence-corrected chi connectivity index (χ4v) is 23.8. The lowest BCUT2D eigenvalue weighted by atomic mass is 9.80. The Hall–Kier alpha value is -8.22. The van der Waals surface area contributed by atoms with Crippen molar-refractivity contribution in [3.63, 3.8) is 0 Å². The van der Waals surface area contributed by atoms with Gasteiger partial charge in [-0.05, 0) is 321 Å². The first-order chi connectivity index (χ1) is 61.2. The average molecular weight is 1860 g/mol. The van der Waals surface area contributed by atoms with Gasteiger partial charge in [-0.2, -0.15) is 0 Å². The minimum absolute atomic E-state index is 0.0481. The van der Waals surface area contributed by atoms with Crippen LogP contribution in [0.15, 0.2) is 194 Å². The van der Waals surface area contributed by atoms with Crippen LogP contribution in [-0.4, -0.2) is 72.9 Å². The fourth-order valence-electron chi connectivity index (χ4n) is 15.3. The third-order valence-corrected chi connectivity index (χ3v) is 32.5. The lowest BCUT2D eigenvalue weighted by Gasteiger charge is -2.28. The zero-order chi connectivity index (χ0) is 96.4. The topological polar surface area (TPSA) is 194 Å². The summed E-state index contributed by atoms with van der Waals surface area (Å²) in [6.45, 7) is 56.4. The first-order valence-electron chi connectivity index (χ1n) is 45.1. The normalized spacial score (nSPS) is 12.0. The Labute approximate surface area is 792 Å². The van der Waals surface area contributed by atoms with Crippen LogP contribution >= 0.6 is 51.5 Å². The number of nitrogens with one attached hydrogen (secondary N) is 6. The molecule has 0 heterocycles. The van der Waals surface area contributed by atoms with Gasteiger partial charge in [0.05, 0.1) is 0 Å². The summed E-state index contributed by atoms with van der Waals surface area (Å²) in [7, 11) is 14.6. The van der Waals surface area contributed by atoms with Gasteiger partial charge in [-0.3, -0.25) is 0 Å². The lowest BCUT2D eigenvalue weighted by Crippen LogP contribution is -2.22. The quantitative estimate of drug-likeness (QED) is 0.0257. The third kappa shape index (κ3) is 31.2. The molecular formula is C112H152N6O6P6. The van der Waals surface area contributed by atoms with Crippen molar-refractivity contribution < 1.29 is 30.6 Å². The van der Waals surface area contributed by atoms with Crippen molar-refractivity contribution in [3.05, 3.63) is 317 Å². The van der Waals surface area contributed by atoms with Gasteiger partial charge >= 0.3 is 0 Å². The largest absolute Gasteiger partial charge is 0.507 e. The van der Waals surface area contributed by atoms with Crippen LogP contribution in [0, 0.1) is 83.1 Å². The molecule has 0 aliphatic carbocycles. The second kappa shape index (κ2) is 50.2. The molecular weight excluding hydrogens is 1710 g/mol. The number of para-hydroxylation sites is 1. The molecule has 0 saturated carbocycles. The number of benzene rings is 12. The van der Waals surface area contributed by atoms with Gasteiger partial charge in [0, 0.05) is 82.2 Å². The molecule has 0 amide bonds. The molecule has 0 aromatic heterocycles. The van der Waals surface area contributed by atoms with Crippen LogP contribution in [0.5, 0.6) is 34.5 Å². The molecule has 18 heteroatoms. The second-order valence-corrected chi connectivity index (χ2v) is 46.1. The van der Waals surface area contributed by atoms with Crippen LogP contribution in [0.4, 0.5) is 0 Å². The maximum absolute atomic E-state index is 11.1. The maximum atomic E-state index is 11.1. The number of phenolic OH excluding ortho intramolecular Hbond substituents is 6. The van der Waals surface area contributed by atoms with E-state index in [9.17, 15) is 30.6 Å². The number of rotatable bonds is 24. The molecule has 12 N–H and O–H groups in total. The summed E-state index contributed by atoms with van der Waals surface area (Å²) in [5.74, 6) is 2.62. The number of hydrogen-bond acceptors (Lipinski definition) is 12. The summed E-state index contributed by atoms with van der Waals surface area (Å²) in [5.41, 5.74) is 26.6. The Bertz CT molecular complexity index is 5670. The molecule has 12 rings (SSSR count). The number of phenols is 6. The molecule has 0 spiro atoms. The average Bonchev–Trinajstić information content (AvgIpc) is 0.776. The SMILES string of the molecule is CNCc1cccc(C)c1Pc1cc(C(C)(C)C)cc(C(C)(C)C)c1O.CNCc1cccc(C)c1Pc1cc(C(C)(C)C)cc(C)c1O.CNCc1cccc(C)c1Pc1cc(C)cc(C(C)(C)C)c1O.CNCc1cccc(C)c1Pc1cc(C)cc(C)c1O.CNCc1cccc(C)c1Pc1cc(C)ccc1O.CNCc1cccc(C)c1Pc1cccc(C)c1O. The van der Waals surface area contributed by atoms with Crippen molar-refractivity contribution >= 4 is 115 Å². The summed E-state index contributed by atoms with van der Waals surface area (Å²) in [4.78, 5) is 0. The van der Waals surface area contributed by atoms with Crippen LogP contribution in [0.1, 0.15) is 205 Å². The molecule has 0 aliphatic rings. The highest BCUT2D eigenvalue weighted by Crippen LogP contribution is 2.40. The van der Waals surface area contributed by atoms with Crippen LogP contribution < -0.4 is 95.6 Å². The van der Waals surface area contributed by atoms with E-state index in [4.69, 9.17) is 0 Å². The van der Waals surface area contributed by atoms with Gasteiger partial charge in [0.15, 0.2) is 0 Å². The molecule has 696 valence electrons. The zero-order valence-corrected chi connectivity index (χ0v) is 89.4. The van der Waals surface area contributed by atoms with Gasteiger partial charge in [-0.15, -0.1) is 0 Å². The van der Waals surface area contributed by atoms with E-state index >= 15 is 0 Å². The molecule has 130 heavy (non-hydrogen) atoms. The maximum Gasteiger partial charge on any atom is 0.127 e. The highest BCUT2D eigenvalue weighted by molar-refractivity contribution is 7.57. The van der Waals surface area contributed by atoms with Crippen LogP contribution in [-0.2, 0) is 60.9 Å². The molecule has 0 bridgehead atoms. The number of aryl methyl sites for hydroxylation is 12. The first kappa shape index (κ1) is 109. The summed E-state index contributed by atoms with van der Waals surface area (Å²) >= 11 is 0. The molecule has 6 atom stereocenters. The van der Waals surface area contributed by atoms with Gasteiger partial charge in [-0.1, -0.05) is 298 Å². The summed E-state index contributed by atoms with van der Waals surface area (Å²) in [6.07, 6.45) is 0. The predicted octanol–water partition coefficient (Wildman–Crippen LogP) is 19.3. The van der Waals surface area contributed by atoms with Crippen molar-refractivity contribution in [1.29, 1.82) is 0 Å². The van der Waals surface area contributed by atoms with E-state index in [1.165, 1.54) is 126 Å². The van der Waals surface area contributed by atoms with Gasteiger partial charge < -0.3 is 62.5 Å². The van der Waals surface area contributed by atoms with Crippen molar-refractivity contribution in [2.24, 2.45) is 0 Å². The predicted molar refractivity (Wildman–Crippen MR) is 581 cm³/mol. The standard InChI is InChI=1S/C23H34NOP.2C20H28NOP.C17H22NOP.2C16H20NOP/c1-15-10-9-11-16(14-24-8)21(15)26-19-13-17(22(2,3)4)12-18(20(19)25)23(5,6)7;1-13-10-16(20(3,4)5)18(22)17(11-13)23-19-14(2)8-7-9-15(19)12-21-6;1-13-8-7-9-15(12-21-6)19(13)23-17-11-16(20(3,4)5)10-14(2)18(17)22;1-11-8-13(3)16(19)15(9-11)20-17-12(2)6-5-7-14(17)10-18-4;1-11-6-5-9-14(15(11)18)19-16-12(2)7-4-8-13(16)10-17-3;1-11-7-8-14(18)15(9-11)19-16-12(2)5-4-6-13(16)10-17-3/h9-13,24-26H,14H2,1-8H3;2*7-11,21-23H,12H2,1-6H3;5-9,18-20H,10H2,1-4H3;2*4-9,17-19H,10H2,1-3H3. The van der Waals surface area contributed by atoms with E-state index in [2.05, 4.69) is 335 Å². The first-order valence-corrected chi connectivity index (χ1v) is 51.1.